The van der Waals surface area contributed by atoms with E-state index in [9.17, 15) is 14.4 Å². The zero-order chi connectivity index (χ0) is 15.8. The van der Waals surface area contributed by atoms with Crippen LogP contribution < -0.4 is 16.4 Å². The van der Waals surface area contributed by atoms with Crippen LogP contribution >= 0.6 is 12.4 Å². The largest absolute Gasteiger partial charge is 0.469 e. The van der Waals surface area contributed by atoms with E-state index in [1.165, 1.54) is 7.11 Å². The molecule has 10 heteroatoms. The Morgan fingerprint density at radius 2 is 1.86 bits per heavy atom. The van der Waals surface area contributed by atoms with Gasteiger partial charge in [-0.2, -0.15) is 4.98 Å². The van der Waals surface area contributed by atoms with Crippen molar-refractivity contribution in [2.75, 3.05) is 24.3 Å². The maximum atomic E-state index is 11.6. The van der Waals surface area contributed by atoms with Gasteiger partial charge in [0.25, 0.3) is 0 Å². The highest BCUT2D eigenvalue weighted by Crippen LogP contribution is 2.12. The number of nitrogens with two attached hydrogens (primary N) is 1. The quantitative estimate of drug-likeness (QED) is 0.603. The van der Waals surface area contributed by atoms with Gasteiger partial charge in [0, 0.05) is 32.6 Å². The number of nitrogens with zero attached hydrogens (tertiary/aromatic N) is 2. The van der Waals surface area contributed by atoms with Crippen molar-refractivity contribution >= 4 is 42.0 Å². The Kier molecular flexibility index (Phi) is 8.80. The lowest BCUT2D eigenvalue weighted by molar-refractivity contribution is -0.141. The van der Waals surface area contributed by atoms with Crippen LogP contribution in [-0.2, 0) is 26.2 Å². The van der Waals surface area contributed by atoms with Crippen LogP contribution in [-0.4, -0.2) is 41.0 Å². The van der Waals surface area contributed by atoms with Crippen LogP contribution in [0.25, 0.3) is 0 Å². The number of methoxy groups -OCH3 is 1. The average Bonchev–Trinajstić information content (AvgIpc) is 2.76. The summed E-state index contributed by atoms with van der Waals surface area (Å²) in [6.45, 7) is 0.246. The Balaban J connectivity index is 0.00000441. The Labute approximate surface area is 134 Å². The zero-order valence-corrected chi connectivity index (χ0v) is 13.2. The number of hydrogen-bond donors (Lipinski definition) is 3. The van der Waals surface area contributed by atoms with E-state index in [0.717, 1.165) is 0 Å². The Morgan fingerprint density at radius 3 is 2.45 bits per heavy atom. The molecule has 0 unspecified atom stereocenters. The van der Waals surface area contributed by atoms with Crippen LogP contribution in [0.5, 0.6) is 0 Å². The molecule has 4 N–H and O–H groups in total. The lowest BCUT2D eigenvalue weighted by Crippen LogP contribution is -2.17. The van der Waals surface area contributed by atoms with E-state index in [-0.39, 0.29) is 56.0 Å². The van der Waals surface area contributed by atoms with Crippen molar-refractivity contribution in [1.82, 2.24) is 9.55 Å². The number of hydrogen-bond acceptors (Lipinski definition) is 6. The summed E-state index contributed by atoms with van der Waals surface area (Å²) in [6.07, 6.45) is 1.74. The van der Waals surface area contributed by atoms with Crippen molar-refractivity contribution in [3.8, 4) is 0 Å². The smallest absolute Gasteiger partial charge is 0.306 e. The van der Waals surface area contributed by atoms with Gasteiger partial charge in [0.2, 0.25) is 17.8 Å². The number of nitrogens with one attached hydrogen (secondary N) is 2. The molecule has 1 rings (SSSR count). The van der Waals surface area contributed by atoms with Crippen molar-refractivity contribution in [3.05, 3.63) is 6.20 Å². The van der Waals surface area contributed by atoms with Gasteiger partial charge in [0.05, 0.1) is 13.5 Å². The predicted octanol–water partition coefficient (Wildman–Crippen LogP) is 0.0209. The number of rotatable bonds is 7. The van der Waals surface area contributed by atoms with E-state index in [1.807, 2.05) is 0 Å². The molecule has 0 aliphatic carbocycles. The highest BCUT2D eigenvalue weighted by Gasteiger charge is 2.12. The summed E-state index contributed by atoms with van der Waals surface area (Å²) in [4.78, 5) is 38.0. The van der Waals surface area contributed by atoms with E-state index < -0.39 is 5.97 Å². The molecule has 22 heavy (non-hydrogen) atoms. The maximum absolute atomic E-state index is 11.6. The van der Waals surface area contributed by atoms with Crippen LogP contribution in [0.15, 0.2) is 6.20 Å². The zero-order valence-electron chi connectivity index (χ0n) is 12.4. The molecule has 0 atom stereocenters. The second-order valence-corrected chi connectivity index (χ2v) is 4.27. The second kappa shape index (κ2) is 9.74. The standard InChI is InChI=1S/C12H19N5O4.ClH/c1-17-7-8(14-10(19)5-6-13)15-12(17)16-9(18)3-4-11(20)21-2;/h7H,3-6,13H2,1-2H3,(H,14,19)(H,15,16,18);1H. The SMILES string of the molecule is COC(=O)CCC(=O)Nc1nc(NC(=O)CCN)cn1C.Cl. The summed E-state index contributed by atoms with van der Waals surface area (Å²) in [7, 11) is 2.93. The minimum atomic E-state index is -0.459. The predicted molar refractivity (Wildman–Crippen MR) is 82.6 cm³/mol. The van der Waals surface area contributed by atoms with Crippen LogP contribution in [0.1, 0.15) is 19.3 Å². The number of ether oxygens (including phenoxy) is 1. The van der Waals surface area contributed by atoms with Gasteiger partial charge < -0.3 is 20.4 Å². The van der Waals surface area contributed by atoms with Crippen molar-refractivity contribution in [3.63, 3.8) is 0 Å². The molecule has 124 valence electrons. The molecule has 0 fully saturated rings. The number of imidazole rings is 1. The number of aromatic nitrogens is 2. The van der Waals surface area contributed by atoms with E-state index in [0.29, 0.717) is 5.82 Å². The minimum absolute atomic E-state index is 0. The van der Waals surface area contributed by atoms with Crippen LogP contribution in [0.4, 0.5) is 11.8 Å². The molecule has 0 radical (unpaired) electrons. The van der Waals surface area contributed by atoms with E-state index in [1.54, 1.807) is 17.8 Å². The van der Waals surface area contributed by atoms with Crippen LogP contribution in [0.2, 0.25) is 0 Å². The minimum Gasteiger partial charge on any atom is -0.469 e. The molecular formula is C12H20ClN5O4. The molecule has 1 aromatic heterocycles. The second-order valence-electron chi connectivity index (χ2n) is 4.27. The summed E-state index contributed by atoms with van der Waals surface area (Å²) in [5.74, 6) is -0.486. The highest BCUT2D eigenvalue weighted by atomic mass is 35.5. The monoisotopic (exact) mass is 333 g/mol. The van der Waals surface area contributed by atoms with E-state index in [2.05, 4.69) is 20.4 Å². The van der Waals surface area contributed by atoms with Gasteiger partial charge in [-0.05, 0) is 0 Å². The Morgan fingerprint density at radius 1 is 1.23 bits per heavy atom. The first-order valence-electron chi connectivity index (χ1n) is 6.36. The maximum Gasteiger partial charge on any atom is 0.306 e. The lowest BCUT2D eigenvalue weighted by atomic mass is 10.3. The van der Waals surface area contributed by atoms with Crippen LogP contribution in [0, 0.1) is 0 Å². The summed E-state index contributed by atoms with van der Waals surface area (Å²) < 4.78 is 6.00. The number of aryl methyl sites for hydroxylation is 1. The molecule has 1 heterocycles. The fraction of sp³-hybridized carbons (Fsp3) is 0.500. The topological polar surface area (TPSA) is 128 Å². The molecule has 0 saturated heterocycles. The number of anilines is 2. The van der Waals surface area contributed by atoms with Crippen molar-refractivity contribution in [2.45, 2.75) is 19.3 Å². The number of amides is 2. The van der Waals surface area contributed by atoms with E-state index in [4.69, 9.17) is 5.73 Å². The third kappa shape index (κ3) is 6.55. The fourth-order valence-corrected chi connectivity index (χ4v) is 1.48. The molecule has 0 aliphatic heterocycles. The molecule has 0 bridgehead atoms. The highest BCUT2D eigenvalue weighted by molar-refractivity contribution is 5.92. The fourth-order valence-electron chi connectivity index (χ4n) is 1.48. The first-order valence-corrected chi connectivity index (χ1v) is 6.36. The van der Waals surface area contributed by atoms with Crippen LogP contribution in [0.3, 0.4) is 0 Å². The lowest BCUT2D eigenvalue weighted by Gasteiger charge is -2.03. The molecule has 0 spiro atoms. The van der Waals surface area contributed by atoms with Crippen molar-refractivity contribution in [1.29, 1.82) is 0 Å². The summed E-state index contributed by atoms with van der Waals surface area (Å²) in [6, 6.07) is 0. The number of esters is 1. The van der Waals surface area contributed by atoms with Gasteiger partial charge in [0.1, 0.15) is 0 Å². The number of carbonyl (C=O) groups excluding carboxylic acids is 3. The van der Waals surface area contributed by atoms with Gasteiger partial charge >= 0.3 is 5.97 Å². The van der Waals surface area contributed by atoms with Gasteiger partial charge in [0.15, 0.2) is 5.82 Å². The number of halogens is 1. The summed E-state index contributed by atoms with van der Waals surface area (Å²) in [5, 5.41) is 5.10. The van der Waals surface area contributed by atoms with Gasteiger partial charge in [-0.3, -0.25) is 19.7 Å². The first kappa shape index (κ1) is 19.9. The average molecular weight is 334 g/mol. The van der Waals surface area contributed by atoms with Crippen molar-refractivity contribution < 1.29 is 19.1 Å². The summed E-state index contributed by atoms with van der Waals surface area (Å²) in [5.41, 5.74) is 5.27. The third-order valence-electron chi connectivity index (χ3n) is 2.55. The van der Waals surface area contributed by atoms with Gasteiger partial charge in [-0.1, -0.05) is 0 Å². The molecule has 1 aromatic rings. The Hall–Kier alpha value is -2.13. The molecule has 0 aromatic carbocycles. The van der Waals surface area contributed by atoms with Gasteiger partial charge in [-0.15, -0.1) is 12.4 Å². The summed E-state index contributed by atoms with van der Waals surface area (Å²) >= 11 is 0. The number of carbonyl (C=O) groups is 3. The molecular weight excluding hydrogens is 314 g/mol. The molecule has 0 aliphatic rings. The first-order chi connectivity index (χ1) is 9.96. The molecule has 9 nitrogen and oxygen atoms in total. The molecule has 2 amide bonds. The third-order valence-corrected chi connectivity index (χ3v) is 2.55. The normalized spacial score (nSPS) is 9.59. The van der Waals surface area contributed by atoms with E-state index >= 15 is 0 Å². The molecule has 0 saturated carbocycles. The van der Waals surface area contributed by atoms with Crippen molar-refractivity contribution in [2.24, 2.45) is 12.8 Å². The van der Waals surface area contributed by atoms with Gasteiger partial charge in [-0.25, -0.2) is 0 Å². The Bertz CT molecular complexity index is 532.